The Hall–Kier alpha value is -3.91. The maximum atomic E-state index is 12.6. The zero-order chi connectivity index (χ0) is 27.7. The molecule has 0 aliphatic carbocycles. The van der Waals surface area contributed by atoms with Crippen molar-refractivity contribution in [1.29, 1.82) is 0 Å². The van der Waals surface area contributed by atoms with Gasteiger partial charge in [0.05, 0.1) is 19.3 Å². The molecule has 15 heteroatoms. The van der Waals surface area contributed by atoms with Crippen LogP contribution in [0.25, 0.3) is 11.1 Å². The molecule has 0 saturated heterocycles. The van der Waals surface area contributed by atoms with E-state index in [1.165, 1.54) is 5.01 Å². The van der Waals surface area contributed by atoms with Crippen LogP contribution in [0.2, 0.25) is 10.0 Å². The molecular formula is C23H23Cl2N5O8. The summed E-state index contributed by atoms with van der Waals surface area (Å²) in [5.74, 6) is -1.88. The molecule has 3 N–H and O–H groups in total. The summed E-state index contributed by atoms with van der Waals surface area (Å²) >= 11 is 12.4. The zero-order valence-corrected chi connectivity index (χ0v) is 21.4. The molecule has 0 aliphatic heterocycles. The van der Waals surface area contributed by atoms with E-state index in [9.17, 15) is 24.7 Å². The second-order valence-electron chi connectivity index (χ2n) is 7.59. The zero-order valence-electron chi connectivity index (χ0n) is 19.9. The average molecular weight is 568 g/mol. The molecule has 0 radical (unpaired) electrons. The topological polar surface area (TPSA) is 165 Å². The summed E-state index contributed by atoms with van der Waals surface area (Å²) in [6, 6.07) is 12.2. The summed E-state index contributed by atoms with van der Waals surface area (Å²) in [5.41, 5.74) is 4.48. The number of hydrogen-bond acceptors (Lipinski definition) is 11. The predicted octanol–water partition coefficient (Wildman–Crippen LogP) is 2.67. The molecule has 0 bridgehead atoms. The Balaban J connectivity index is 1.70. The molecule has 3 aromatic rings. The number of amides is 1. The number of rotatable bonds is 11. The summed E-state index contributed by atoms with van der Waals surface area (Å²) < 4.78 is 13.8. The van der Waals surface area contributed by atoms with Crippen molar-refractivity contribution in [3.63, 3.8) is 0 Å². The van der Waals surface area contributed by atoms with Crippen molar-refractivity contribution in [2.24, 2.45) is 0 Å². The fourth-order valence-corrected chi connectivity index (χ4v) is 3.51. The van der Waals surface area contributed by atoms with Gasteiger partial charge in [0, 0.05) is 22.2 Å². The highest BCUT2D eigenvalue weighted by molar-refractivity contribution is 6.35. The number of nitrogens with zero attached hydrogens (tertiary/aromatic N) is 4. The minimum Gasteiger partial charge on any atom is -0.435 e. The van der Waals surface area contributed by atoms with Crippen molar-refractivity contribution in [2.75, 3.05) is 19.9 Å². The number of benzene rings is 2. The van der Waals surface area contributed by atoms with E-state index in [-0.39, 0.29) is 18.8 Å². The maximum absolute atomic E-state index is 12.6. The second-order valence-corrected chi connectivity index (χ2v) is 8.43. The van der Waals surface area contributed by atoms with Gasteiger partial charge in [0.15, 0.2) is 11.8 Å². The lowest BCUT2D eigenvalue weighted by atomic mass is 10.0. The number of hydrazine groups is 1. The third-order valence-corrected chi connectivity index (χ3v) is 5.41. The van der Waals surface area contributed by atoms with Crippen LogP contribution < -0.4 is 5.43 Å². The maximum Gasteiger partial charge on any atom is 0.511 e. The average Bonchev–Trinajstić information content (AvgIpc) is 3.32. The van der Waals surface area contributed by atoms with E-state index >= 15 is 0 Å². The van der Waals surface area contributed by atoms with Crippen molar-refractivity contribution >= 4 is 41.2 Å². The van der Waals surface area contributed by atoms with E-state index in [1.54, 1.807) is 49.4 Å². The van der Waals surface area contributed by atoms with Crippen molar-refractivity contribution in [3.8, 4) is 11.1 Å². The largest absolute Gasteiger partial charge is 0.511 e. The van der Waals surface area contributed by atoms with Crippen LogP contribution in [0, 0.1) is 0 Å². The minimum absolute atomic E-state index is 0.0340. The Morgan fingerprint density at radius 3 is 2.50 bits per heavy atom. The molecular weight excluding hydrogens is 545 g/mol. The number of aliphatic hydroxyl groups is 1. The number of ether oxygens (including phenoxy) is 3. The minimum atomic E-state index is -1.74. The van der Waals surface area contributed by atoms with E-state index in [2.05, 4.69) is 25.2 Å². The standard InChI is InChI=1S/C23H23Cl2N5O8/c1-2-36-23(34)38-13-37-22(33)20(31)12-29(27-21(32)19-11-30(35)28-26-19)10-14-3-5-15(6-4-14)17-9-16(24)7-8-18(17)25/h3-9,11,20,31,35H,2,10,12-13H2,1H3,(H,27,32)/t20-/m1/s1. The van der Waals surface area contributed by atoms with E-state index in [4.69, 9.17) is 27.9 Å². The molecule has 0 fully saturated rings. The molecule has 38 heavy (non-hydrogen) atoms. The quantitative estimate of drug-likeness (QED) is 0.135. The Bertz CT molecular complexity index is 1270. The lowest BCUT2D eigenvalue weighted by Gasteiger charge is -2.24. The van der Waals surface area contributed by atoms with Gasteiger partial charge < -0.3 is 24.5 Å². The summed E-state index contributed by atoms with van der Waals surface area (Å²) in [6.45, 7) is 0.488. The molecule has 0 saturated carbocycles. The number of halogens is 2. The van der Waals surface area contributed by atoms with Crippen LogP contribution in [0.4, 0.5) is 4.79 Å². The Morgan fingerprint density at radius 1 is 1.11 bits per heavy atom. The lowest BCUT2D eigenvalue weighted by molar-refractivity contribution is -0.164. The van der Waals surface area contributed by atoms with Crippen LogP contribution in [-0.4, -0.2) is 74.6 Å². The first-order chi connectivity index (χ1) is 18.2. The number of aromatic nitrogens is 3. The molecule has 2 aromatic carbocycles. The van der Waals surface area contributed by atoms with Gasteiger partial charge in [0.1, 0.15) is 0 Å². The molecule has 1 atom stereocenters. The summed E-state index contributed by atoms with van der Waals surface area (Å²) in [6.07, 6.45) is -1.81. The Kier molecular flexibility index (Phi) is 10.2. The van der Waals surface area contributed by atoms with Gasteiger partial charge in [0.25, 0.3) is 5.91 Å². The van der Waals surface area contributed by atoms with Crippen molar-refractivity contribution < 1.29 is 38.9 Å². The van der Waals surface area contributed by atoms with Gasteiger partial charge in [-0.3, -0.25) is 10.2 Å². The van der Waals surface area contributed by atoms with E-state index in [0.29, 0.717) is 20.5 Å². The summed E-state index contributed by atoms with van der Waals surface area (Å²) in [4.78, 5) is 36.3. The second kappa shape index (κ2) is 13.6. The molecule has 1 amide bonds. The third kappa shape index (κ3) is 8.31. The smallest absolute Gasteiger partial charge is 0.435 e. The SMILES string of the molecule is CCOC(=O)OCOC(=O)[C@H](O)CN(Cc1ccc(-c2cc(Cl)ccc2Cl)cc1)NC(=O)c1cn(O)nn1. The lowest BCUT2D eigenvalue weighted by Crippen LogP contribution is -2.47. The Morgan fingerprint density at radius 2 is 1.84 bits per heavy atom. The molecule has 1 aromatic heterocycles. The van der Waals surface area contributed by atoms with Crippen LogP contribution in [0.5, 0.6) is 0 Å². The monoisotopic (exact) mass is 567 g/mol. The molecule has 0 unspecified atom stereocenters. The van der Waals surface area contributed by atoms with Gasteiger partial charge in [-0.2, -0.15) is 0 Å². The van der Waals surface area contributed by atoms with Gasteiger partial charge in [-0.1, -0.05) is 52.3 Å². The van der Waals surface area contributed by atoms with Crippen molar-refractivity contribution in [3.05, 3.63) is 70.0 Å². The van der Waals surface area contributed by atoms with Gasteiger partial charge in [-0.05, 0) is 41.5 Å². The number of nitrogens with one attached hydrogen (secondary N) is 1. The van der Waals surface area contributed by atoms with Gasteiger partial charge >= 0.3 is 12.1 Å². The van der Waals surface area contributed by atoms with Crippen LogP contribution in [-0.2, 0) is 25.5 Å². The molecule has 13 nitrogen and oxygen atoms in total. The number of hydrogen-bond donors (Lipinski definition) is 3. The normalized spacial score (nSPS) is 11.6. The van der Waals surface area contributed by atoms with Gasteiger partial charge in [0.2, 0.25) is 6.79 Å². The van der Waals surface area contributed by atoms with E-state index in [1.807, 2.05) is 0 Å². The number of aliphatic hydroxyl groups excluding tert-OH is 1. The summed E-state index contributed by atoms with van der Waals surface area (Å²) in [5, 5.41) is 28.7. The first-order valence-corrected chi connectivity index (χ1v) is 11.8. The van der Waals surface area contributed by atoms with Crippen LogP contribution in [0.1, 0.15) is 23.0 Å². The Labute approximate surface area is 226 Å². The predicted molar refractivity (Wildman–Crippen MR) is 132 cm³/mol. The molecule has 202 valence electrons. The van der Waals surface area contributed by atoms with E-state index in [0.717, 1.165) is 17.3 Å². The highest BCUT2D eigenvalue weighted by Gasteiger charge is 2.24. The van der Waals surface area contributed by atoms with Crippen LogP contribution in [0.3, 0.4) is 0 Å². The number of carbonyl (C=O) groups excluding carboxylic acids is 3. The van der Waals surface area contributed by atoms with E-state index < -0.39 is 37.5 Å². The first kappa shape index (κ1) is 28.7. The highest BCUT2D eigenvalue weighted by atomic mass is 35.5. The fourth-order valence-electron chi connectivity index (χ4n) is 3.11. The molecule has 3 rings (SSSR count). The molecule has 0 spiro atoms. The van der Waals surface area contributed by atoms with Gasteiger partial charge in [-0.15, -0.1) is 5.10 Å². The van der Waals surface area contributed by atoms with Crippen molar-refractivity contribution in [1.82, 2.24) is 25.6 Å². The first-order valence-electron chi connectivity index (χ1n) is 11.0. The van der Waals surface area contributed by atoms with Crippen molar-refractivity contribution in [2.45, 2.75) is 19.6 Å². The number of carbonyl (C=O) groups is 3. The highest BCUT2D eigenvalue weighted by Crippen LogP contribution is 2.30. The van der Waals surface area contributed by atoms with Crippen LogP contribution in [0.15, 0.2) is 48.7 Å². The molecule has 1 heterocycles. The fraction of sp³-hybridized carbons (Fsp3) is 0.261. The number of esters is 1. The molecule has 0 aliphatic rings. The third-order valence-electron chi connectivity index (χ3n) is 4.85. The van der Waals surface area contributed by atoms with Gasteiger partial charge in [-0.25, -0.2) is 14.6 Å². The van der Waals surface area contributed by atoms with Crippen LogP contribution >= 0.6 is 23.2 Å². The summed E-state index contributed by atoms with van der Waals surface area (Å²) in [7, 11) is 0.